The van der Waals surface area contributed by atoms with Gasteiger partial charge in [0.15, 0.2) is 0 Å². The first-order chi connectivity index (χ1) is 12.5. The summed E-state index contributed by atoms with van der Waals surface area (Å²) in [5, 5.41) is 11.6. The van der Waals surface area contributed by atoms with E-state index in [1.165, 1.54) is 4.90 Å². The van der Waals surface area contributed by atoms with Crippen molar-refractivity contribution in [2.75, 3.05) is 16.8 Å². The van der Waals surface area contributed by atoms with Crippen molar-refractivity contribution < 1.29 is 14.3 Å². The van der Waals surface area contributed by atoms with Crippen LogP contribution in [-0.4, -0.2) is 18.5 Å². The second kappa shape index (κ2) is 9.23. The molecule has 6 nitrogen and oxygen atoms in total. The van der Waals surface area contributed by atoms with Gasteiger partial charge < -0.3 is 10.1 Å². The highest BCUT2D eigenvalue weighted by molar-refractivity contribution is 5.92. The van der Waals surface area contributed by atoms with Crippen molar-refractivity contribution in [3.63, 3.8) is 0 Å². The maximum absolute atomic E-state index is 12.7. The predicted molar refractivity (Wildman–Crippen MR) is 100 cm³/mol. The number of aryl methyl sites for hydroxylation is 1. The molecule has 0 saturated carbocycles. The highest BCUT2D eigenvalue weighted by atomic mass is 16.6. The largest absolute Gasteiger partial charge is 0.419 e. The van der Waals surface area contributed by atoms with Gasteiger partial charge in [-0.2, -0.15) is 5.26 Å². The summed E-state index contributed by atoms with van der Waals surface area (Å²) in [6.45, 7) is 3.88. The molecule has 0 atom stereocenters. The number of benzene rings is 2. The lowest BCUT2D eigenvalue weighted by atomic mass is 10.2. The van der Waals surface area contributed by atoms with E-state index in [-0.39, 0.29) is 18.9 Å². The molecule has 0 aliphatic rings. The highest BCUT2D eigenvalue weighted by Crippen LogP contribution is 2.23. The van der Waals surface area contributed by atoms with Crippen molar-refractivity contribution in [2.45, 2.75) is 26.7 Å². The Kier molecular flexibility index (Phi) is 6.75. The highest BCUT2D eigenvalue weighted by Gasteiger charge is 2.19. The molecule has 0 bridgehead atoms. The number of carbonyl (C=O) groups excluding carboxylic acids is 2. The van der Waals surface area contributed by atoms with E-state index in [4.69, 9.17) is 10.00 Å². The summed E-state index contributed by atoms with van der Waals surface area (Å²) in [7, 11) is 0. The number of hydrogen-bond acceptors (Lipinski definition) is 4. The lowest BCUT2D eigenvalue weighted by molar-refractivity contribution is -0.115. The quantitative estimate of drug-likeness (QED) is 0.843. The van der Waals surface area contributed by atoms with Gasteiger partial charge in [0.05, 0.1) is 12.5 Å². The molecular formula is C20H21N3O3. The molecule has 2 aromatic rings. The number of rotatable bonds is 6. The average molecular weight is 351 g/mol. The van der Waals surface area contributed by atoms with Gasteiger partial charge in [-0.05, 0) is 30.7 Å². The van der Waals surface area contributed by atoms with Crippen LogP contribution < -0.4 is 15.0 Å². The topological polar surface area (TPSA) is 82.4 Å². The molecule has 0 aliphatic heterocycles. The van der Waals surface area contributed by atoms with E-state index in [0.29, 0.717) is 23.5 Å². The number of para-hydroxylation sites is 1. The third-order valence-electron chi connectivity index (χ3n) is 3.72. The summed E-state index contributed by atoms with van der Waals surface area (Å²) in [6.07, 6.45) is -0.0246. The molecule has 2 rings (SSSR count). The van der Waals surface area contributed by atoms with Crippen LogP contribution in [0.1, 0.15) is 25.3 Å². The number of anilines is 2. The van der Waals surface area contributed by atoms with Crippen molar-refractivity contribution in [1.29, 1.82) is 5.26 Å². The molecule has 0 heterocycles. The van der Waals surface area contributed by atoms with E-state index < -0.39 is 6.09 Å². The molecular weight excluding hydrogens is 330 g/mol. The summed E-state index contributed by atoms with van der Waals surface area (Å²) in [5.41, 5.74) is 2.16. The van der Waals surface area contributed by atoms with Gasteiger partial charge in [0.2, 0.25) is 5.91 Å². The first kappa shape index (κ1) is 19.0. The zero-order chi connectivity index (χ0) is 18.9. The summed E-state index contributed by atoms with van der Waals surface area (Å²) in [6, 6.07) is 16.1. The van der Waals surface area contributed by atoms with Crippen LogP contribution in [0.25, 0.3) is 0 Å². The van der Waals surface area contributed by atoms with Gasteiger partial charge >= 0.3 is 6.09 Å². The molecule has 2 amide bonds. The monoisotopic (exact) mass is 351 g/mol. The molecule has 0 aliphatic carbocycles. The van der Waals surface area contributed by atoms with Crippen LogP contribution in [0.2, 0.25) is 0 Å². The molecule has 0 aromatic heterocycles. The summed E-state index contributed by atoms with van der Waals surface area (Å²) >= 11 is 0. The smallest absolute Gasteiger partial charge is 0.410 e. The van der Waals surface area contributed by atoms with E-state index in [1.54, 1.807) is 31.2 Å². The standard InChI is InChI=1S/C20H21N3O3/c1-3-19(24)22-16-9-6-10-17(14-16)26-20(25)23(13-7-12-21)18-11-5-4-8-15(18)2/h4-6,8-11,14H,3,7,13H2,1-2H3,(H,22,24). The number of amides is 2. The van der Waals surface area contributed by atoms with Gasteiger partial charge in [-0.25, -0.2) is 4.79 Å². The van der Waals surface area contributed by atoms with E-state index in [2.05, 4.69) is 5.32 Å². The number of ether oxygens (including phenoxy) is 1. The molecule has 0 spiro atoms. The van der Waals surface area contributed by atoms with E-state index in [9.17, 15) is 9.59 Å². The van der Waals surface area contributed by atoms with Gasteiger partial charge in [-0.1, -0.05) is 31.2 Å². The first-order valence-corrected chi connectivity index (χ1v) is 8.37. The summed E-state index contributed by atoms with van der Waals surface area (Å²) < 4.78 is 5.47. The van der Waals surface area contributed by atoms with Crippen molar-refractivity contribution in [1.82, 2.24) is 0 Å². The maximum Gasteiger partial charge on any atom is 0.419 e. The lowest BCUT2D eigenvalue weighted by Crippen LogP contribution is -2.34. The number of carbonyl (C=O) groups is 2. The van der Waals surface area contributed by atoms with Crippen LogP contribution in [0, 0.1) is 18.3 Å². The molecule has 2 aromatic carbocycles. The second-order valence-corrected chi connectivity index (χ2v) is 5.64. The fraction of sp³-hybridized carbons (Fsp3) is 0.250. The fourth-order valence-electron chi connectivity index (χ4n) is 2.38. The van der Waals surface area contributed by atoms with Crippen LogP contribution in [0.3, 0.4) is 0 Å². The Morgan fingerprint density at radius 3 is 2.65 bits per heavy atom. The van der Waals surface area contributed by atoms with Crippen molar-refractivity contribution >= 4 is 23.4 Å². The van der Waals surface area contributed by atoms with Crippen LogP contribution in [-0.2, 0) is 4.79 Å². The Morgan fingerprint density at radius 1 is 1.19 bits per heavy atom. The Labute approximate surface area is 153 Å². The molecule has 0 saturated heterocycles. The molecule has 0 fully saturated rings. The number of hydrogen-bond donors (Lipinski definition) is 1. The van der Waals surface area contributed by atoms with Gasteiger partial charge in [0, 0.05) is 30.4 Å². The number of nitrogens with zero attached hydrogens (tertiary/aromatic N) is 2. The molecule has 134 valence electrons. The minimum absolute atomic E-state index is 0.121. The molecule has 0 unspecified atom stereocenters. The fourth-order valence-corrected chi connectivity index (χ4v) is 2.38. The van der Waals surface area contributed by atoms with Gasteiger partial charge in [0.1, 0.15) is 5.75 Å². The van der Waals surface area contributed by atoms with E-state index in [1.807, 2.05) is 37.3 Å². The molecule has 26 heavy (non-hydrogen) atoms. The van der Waals surface area contributed by atoms with Crippen LogP contribution in [0.15, 0.2) is 48.5 Å². The number of nitriles is 1. The molecule has 1 N–H and O–H groups in total. The Morgan fingerprint density at radius 2 is 1.96 bits per heavy atom. The SMILES string of the molecule is CCC(=O)Nc1cccc(OC(=O)N(CCC#N)c2ccccc2C)c1. The third-order valence-corrected chi connectivity index (χ3v) is 3.72. The van der Waals surface area contributed by atoms with Crippen LogP contribution in [0.4, 0.5) is 16.2 Å². The lowest BCUT2D eigenvalue weighted by Gasteiger charge is -2.23. The molecule has 6 heteroatoms. The maximum atomic E-state index is 12.7. The van der Waals surface area contributed by atoms with Gasteiger partial charge in [0.25, 0.3) is 0 Å². The Balaban J connectivity index is 2.19. The van der Waals surface area contributed by atoms with Crippen molar-refractivity contribution in [2.24, 2.45) is 0 Å². The zero-order valence-corrected chi connectivity index (χ0v) is 14.9. The van der Waals surface area contributed by atoms with Crippen molar-refractivity contribution in [3.05, 3.63) is 54.1 Å². The van der Waals surface area contributed by atoms with Crippen LogP contribution >= 0.6 is 0 Å². The summed E-state index contributed by atoms with van der Waals surface area (Å²) in [5.74, 6) is 0.198. The first-order valence-electron chi connectivity index (χ1n) is 8.37. The molecule has 0 radical (unpaired) electrons. The third kappa shape index (κ3) is 5.08. The zero-order valence-electron chi connectivity index (χ0n) is 14.9. The minimum Gasteiger partial charge on any atom is -0.410 e. The Bertz CT molecular complexity index is 827. The van der Waals surface area contributed by atoms with E-state index in [0.717, 1.165) is 5.56 Å². The second-order valence-electron chi connectivity index (χ2n) is 5.64. The average Bonchev–Trinajstić information content (AvgIpc) is 2.63. The van der Waals surface area contributed by atoms with Gasteiger partial charge in [-0.3, -0.25) is 9.69 Å². The van der Waals surface area contributed by atoms with Gasteiger partial charge in [-0.15, -0.1) is 0 Å². The van der Waals surface area contributed by atoms with Crippen molar-refractivity contribution in [3.8, 4) is 11.8 Å². The normalized spacial score (nSPS) is 9.88. The predicted octanol–water partition coefficient (Wildman–Crippen LogP) is 4.26. The minimum atomic E-state index is -0.575. The Hall–Kier alpha value is -3.33. The van der Waals surface area contributed by atoms with Crippen LogP contribution in [0.5, 0.6) is 5.75 Å². The summed E-state index contributed by atoms with van der Waals surface area (Å²) in [4.78, 5) is 25.6. The number of nitrogens with one attached hydrogen (secondary N) is 1. The van der Waals surface area contributed by atoms with E-state index >= 15 is 0 Å².